The third-order valence-corrected chi connectivity index (χ3v) is 2.25. The summed E-state index contributed by atoms with van der Waals surface area (Å²) >= 11 is 4.78. The highest BCUT2D eigenvalue weighted by Crippen LogP contribution is 2.10. The van der Waals surface area contributed by atoms with Gasteiger partial charge in [-0.05, 0) is 26.0 Å². The van der Waals surface area contributed by atoms with E-state index < -0.39 is 0 Å². The van der Waals surface area contributed by atoms with Crippen LogP contribution in [0.1, 0.15) is 19.5 Å². The van der Waals surface area contributed by atoms with Gasteiger partial charge in [0.25, 0.3) is 0 Å². The molecule has 0 aliphatic heterocycles. The molecule has 0 fully saturated rings. The standard InChI is InChI=1S/C9H14N4S/c1-6(2)13(3)8-5-4-7(9(10)14)11-12-8/h4-6H,1-3H3,(H2,10,14). The third-order valence-electron chi connectivity index (χ3n) is 2.04. The van der Waals surface area contributed by atoms with E-state index in [-0.39, 0.29) is 4.99 Å². The number of nitrogens with zero attached hydrogens (tertiary/aromatic N) is 3. The van der Waals surface area contributed by atoms with E-state index in [1.54, 1.807) is 6.07 Å². The lowest BCUT2D eigenvalue weighted by Crippen LogP contribution is -2.27. The molecule has 76 valence electrons. The SMILES string of the molecule is CC(C)N(C)c1ccc(C(N)=S)nn1. The summed E-state index contributed by atoms with van der Waals surface area (Å²) in [5.74, 6) is 0.819. The van der Waals surface area contributed by atoms with Crippen LogP contribution in [-0.4, -0.2) is 28.3 Å². The quantitative estimate of drug-likeness (QED) is 0.753. The van der Waals surface area contributed by atoms with Crippen LogP contribution in [0.2, 0.25) is 0 Å². The highest BCUT2D eigenvalue weighted by Gasteiger charge is 2.07. The van der Waals surface area contributed by atoms with Crippen LogP contribution < -0.4 is 10.6 Å². The summed E-state index contributed by atoms with van der Waals surface area (Å²) in [4.78, 5) is 2.30. The van der Waals surface area contributed by atoms with Crippen LogP contribution in [0.3, 0.4) is 0 Å². The van der Waals surface area contributed by atoms with Gasteiger partial charge in [0.05, 0.1) is 0 Å². The Morgan fingerprint density at radius 1 is 1.43 bits per heavy atom. The molecule has 4 nitrogen and oxygen atoms in total. The Bertz CT molecular complexity index is 320. The lowest BCUT2D eigenvalue weighted by atomic mass is 10.3. The van der Waals surface area contributed by atoms with Crippen molar-refractivity contribution in [1.29, 1.82) is 0 Å². The molecular formula is C9H14N4S. The van der Waals surface area contributed by atoms with Crippen LogP contribution in [0.15, 0.2) is 12.1 Å². The molecule has 0 spiro atoms. The van der Waals surface area contributed by atoms with Crippen LogP contribution in [0, 0.1) is 0 Å². The molecule has 0 amide bonds. The molecule has 1 aromatic rings. The largest absolute Gasteiger partial charge is 0.388 e. The molecule has 0 radical (unpaired) electrons. The lowest BCUT2D eigenvalue weighted by Gasteiger charge is -2.21. The second kappa shape index (κ2) is 4.32. The van der Waals surface area contributed by atoms with Gasteiger partial charge in [0.1, 0.15) is 10.7 Å². The molecule has 14 heavy (non-hydrogen) atoms. The number of hydrogen-bond donors (Lipinski definition) is 1. The van der Waals surface area contributed by atoms with E-state index in [2.05, 4.69) is 24.0 Å². The molecule has 0 bridgehead atoms. The van der Waals surface area contributed by atoms with Crippen molar-refractivity contribution >= 4 is 23.0 Å². The van der Waals surface area contributed by atoms with Gasteiger partial charge in [-0.15, -0.1) is 10.2 Å². The first-order valence-corrected chi connectivity index (χ1v) is 4.79. The van der Waals surface area contributed by atoms with Gasteiger partial charge in [0, 0.05) is 13.1 Å². The van der Waals surface area contributed by atoms with Gasteiger partial charge in [-0.2, -0.15) is 0 Å². The minimum atomic E-state index is 0.274. The van der Waals surface area contributed by atoms with Crippen molar-refractivity contribution in [2.45, 2.75) is 19.9 Å². The number of rotatable bonds is 3. The van der Waals surface area contributed by atoms with Crippen LogP contribution in [0.4, 0.5) is 5.82 Å². The van der Waals surface area contributed by atoms with Crippen LogP contribution in [-0.2, 0) is 0 Å². The van der Waals surface area contributed by atoms with Crippen molar-refractivity contribution in [2.75, 3.05) is 11.9 Å². The zero-order valence-electron chi connectivity index (χ0n) is 8.56. The molecule has 0 aliphatic carbocycles. The van der Waals surface area contributed by atoms with Crippen molar-refractivity contribution in [3.05, 3.63) is 17.8 Å². The second-order valence-electron chi connectivity index (χ2n) is 3.35. The molecule has 1 aromatic heterocycles. The molecule has 0 atom stereocenters. The van der Waals surface area contributed by atoms with E-state index in [9.17, 15) is 0 Å². The summed E-state index contributed by atoms with van der Waals surface area (Å²) < 4.78 is 0. The number of thiocarbonyl (C=S) groups is 1. The van der Waals surface area contributed by atoms with E-state index >= 15 is 0 Å². The van der Waals surface area contributed by atoms with Crippen LogP contribution in [0.5, 0.6) is 0 Å². The fourth-order valence-corrected chi connectivity index (χ4v) is 1.02. The first-order chi connectivity index (χ1) is 6.52. The maximum Gasteiger partial charge on any atom is 0.151 e. The maximum atomic E-state index is 5.42. The van der Waals surface area contributed by atoms with Crippen molar-refractivity contribution in [3.8, 4) is 0 Å². The number of anilines is 1. The second-order valence-corrected chi connectivity index (χ2v) is 3.79. The third kappa shape index (κ3) is 2.38. The molecule has 0 aromatic carbocycles. The van der Waals surface area contributed by atoms with Gasteiger partial charge >= 0.3 is 0 Å². The van der Waals surface area contributed by atoms with Crippen molar-refractivity contribution < 1.29 is 0 Å². The monoisotopic (exact) mass is 210 g/mol. The van der Waals surface area contributed by atoms with E-state index in [1.807, 2.05) is 18.0 Å². The molecule has 1 rings (SSSR count). The lowest BCUT2D eigenvalue weighted by molar-refractivity contribution is 0.733. The smallest absolute Gasteiger partial charge is 0.151 e. The number of aromatic nitrogens is 2. The molecule has 0 saturated carbocycles. The number of hydrogen-bond acceptors (Lipinski definition) is 4. The van der Waals surface area contributed by atoms with E-state index in [0.717, 1.165) is 5.82 Å². The first-order valence-electron chi connectivity index (χ1n) is 4.38. The Kier molecular flexibility index (Phi) is 3.35. The van der Waals surface area contributed by atoms with E-state index in [1.165, 1.54) is 0 Å². The molecule has 0 saturated heterocycles. The average Bonchev–Trinajstić information content (AvgIpc) is 2.16. The van der Waals surface area contributed by atoms with Gasteiger partial charge in [-0.25, -0.2) is 0 Å². The van der Waals surface area contributed by atoms with Gasteiger partial charge in [-0.1, -0.05) is 12.2 Å². The van der Waals surface area contributed by atoms with Crippen molar-refractivity contribution in [1.82, 2.24) is 10.2 Å². The van der Waals surface area contributed by atoms with Gasteiger partial charge in [0.2, 0.25) is 0 Å². The average molecular weight is 210 g/mol. The highest BCUT2D eigenvalue weighted by molar-refractivity contribution is 7.80. The summed E-state index contributed by atoms with van der Waals surface area (Å²) in [6, 6.07) is 4.03. The zero-order chi connectivity index (χ0) is 10.7. The molecule has 1 heterocycles. The van der Waals surface area contributed by atoms with Gasteiger partial charge in [-0.3, -0.25) is 0 Å². The number of nitrogens with two attached hydrogens (primary N) is 1. The summed E-state index contributed by atoms with van der Waals surface area (Å²) in [7, 11) is 1.97. The van der Waals surface area contributed by atoms with E-state index in [4.69, 9.17) is 18.0 Å². The van der Waals surface area contributed by atoms with Gasteiger partial charge < -0.3 is 10.6 Å². The minimum absolute atomic E-state index is 0.274. The van der Waals surface area contributed by atoms with Crippen LogP contribution in [0.25, 0.3) is 0 Å². The molecule has 0 unspecified atom stereocenters. The van der Waals surface area contributed by atoms with Crippen molar-refractivity contribution in [2.24, 2.45) is 5.73 Å². The van der Waals surface area contributed by atoms with E-state index in [0.29, 0.717) is 11.7 Å². The Balaban J connectivity index is 2.88. The summed E-state index contributed by atoms with van der Waals surface area (Å²) in [5, 5.41) is 7.95. The molecule has 2 N–H and O–H groups in total. The fraction of sp³-hybridized carbons (Fsp3) is 0.444. The normalized spacial score (nSPS) is 10.3. The van der Waals surface area contributed by atoms with Crippen molar-refractivity contribution in [3.63, 3.8) is 0 Å². The molecular weight excluding hydrogens is 196 g/mol. The minimum Gasteiger partial charge on any atom is -0.388 e. The Hall–Kier alpha value is -1.23. The summed E-state index contributed by atoms with van der Waals surface area (Å²) in [6.07, 6.45) is 0. The Labute approximate surface area is 89.1 Å². The maximum absolute atomic E-state index is 5.42. The Morgan fingerprint density at radius 2 is 2.07 bits per heavy atom. The summed E-state index contributed by atoms with van der Waals surface area (Å²) in [6.45, 7) is 4.17. The molecule has 0 aliphatic rings. The highest BCUT2D eigenvalue weighted by atomic mass is 32.1. The molecule has 5 heteroatoms. The predicted octanol–water partition coefficient (Wildman–Crippen LogP) is 0.955. The van der Waals surface area contributed by atoms with Crippen LogP contribution >= 0.6 is 12.2 Å². The zero-order valence-corrected chi connectivity index (χ0v) is 9.38. The fourth-order valence-electron chi connectivity index (χ4n) is 0.909. The topological polar surface area (TPSA) is 55.0 Å². The summed E-state index contributed by atoms with van der Waals surface area (Å²) in [5.41, 5.74) is 5.97. The van der Waals surface area contributed by atoms with Gasteiger partial charge in [0.15, 0.2) is 5.82 Å². The Morgan fingerprint density at radius 3 is 2.43 bits per heavy atom. The predicted molar refractivity (Wildman–Crippen MR) is 61.5 cm³/mol. The first kappa shape index (κ1) is 10.8.